The van der Waals surface area contributed by atoms with Crippen molar-refractivity contribution in [2.75, 3.05) is 0 Å². The molecule has 0 radical (unpaired) electrons. The first kappa shape index (κ1) is 33.6. The highest BCUT2D eigenvalue weighted by Crippen LogP contribution is 2.63. The van der Waals surface area contributed by atoms with E-state index in [-0.39, 0.29) is 0 Å². The summed E-state index contributed by atoms with van der Waals surface area (Å²) in [6.45, 7) is 0. The highest BCUT2D eigenvalue weighted by atomic mass is 32.2. The van der Waals surface area contributed by atoms with Crippen molar-refractivity contribution in [3.05, 3.63) is 222 Å². The van der Waals surface area contributed by atoms with E-state index in [4.69, 9.17) is 15.0 Å². The maximum Gasteiger partial charge on any atom is 0.0972 e. The van der Waals surface area contributed by atoms with Crippen LogP contribution >= 0.6 is 11.8 Å². The zero-order valence-corrected chi connectivity index (χ0v) is 33.1. The van der Waals surface area contributed by atoms with Crippen LogP contribution in [0.5, 0.6) is 0 Å². The monoisotopic (exact) mass is 779 g/mol. The largest absolute Gasteiger partial charge is 0.247 e. The Bertz CT molecular complexity index is 3530. The van der Waals surface area contributed by atoms with Crippen LogP contribution in [0, 0.1) is 0 Å². The van der Waals surface area contributed by atoms with Crippen LogP contribution in [0.4, 0.5) is 0 Å². The molecule has 1 aliphatic carbocycles. The van der Waals surface area contributed by atoms with Gasteiger partial charge in [-0.3, -0.25) is 0 Å². The van der Waals surface area contributed by atoms with Crippen LogP contribution in [-0.4, -0.2) is 15.0 Å². The Morgan fingerprint density at radius 2 is 0.933 bits per heavy atom. The normalized spacial score (nSPS) is 13.4. The Balaban J connectivity index is 1.05. The van der Waals surface area contributed by atoms with Crippen molar-refractivity contribution in [2.24, 2.45) is 0 Å². The molecule has 0 bridgehead atoms. The maximum absolute atomic E-state index is 5.63. The first-order valence-corrected chi connectivity index (χ1v) is 21.3. The summed E-state index contributed by atoms with van der Waals surface area (Å²) in [4.78, 5) is 18.7. The van der Waals surface area contributed by atoms with Crippen molar-refractivity contribution in [3.8, 4) is 44.9 Å². The van der Waals surface area contributed by atoms with Crippen LogP contribution in [0.25, 0.3) is 88.4 Å². The highest BCUT2D eigenvalue weighted by Gasteiger charge is 2.50. The summed E-state index contributed by atoms with van der Waals surface area (Å²) in [7, 11) is 0. The Kier molecular flexibility index (Phi) is 7.16. The van der Waals surface area contributed by atoms with E-state index in [1.165, 1.54) is 53.9 Å². The predicted molar refractivity (Wildman–Crippen MR) is 248 cm³/mol. The molecule has 1 spiro atoms. The number of hydrogen-bond acceptors (Lipinski definition) is 4. The molecule has 3 nitrogen and oxygen atoms in total. The second-order valence-corrected chi connectivity index (χ2v) is 16.9. The number of benzene rings is 8. The average molecular weight is 780 g/mol. The van der Waals surface area contributed by atoms with Gasteiger partial charge in [0.1, 0.15) is 0 Å². The Labute approximate surface area is 351 Å². The van der Waals surface area contributed by atoms with Gasteiger partial charge in [-0.15, -0.1) is 0 Å². The van der Waals surface area contributed by atoms with Crippen molar-refractivity contribution >= 4 is 55.2 Å². The third-order valence-corrected chi connectivity index (χ3v) is 13.9. The van der Waals surface area contributed by atoms with E-state index in [1.54, 1.807) is 0 Å². The lowest BCUT2D eigenvalue weighted by Crippen LogP contribution is -2.32. The third kappa shape index (κ3) is 4.71. The Morgan fingerprint density at radius 1 is 0.383 bits per heavy atom. The Hall–Kier alpha value is -7.40. The molecule has 2 aliphatic rings. The molecular formula is C56H33N3S. The minimum atomic E-state index is -0.464. The van der Waals surface area contributed by atoms with Gasteiger partial charge in [-0.2, -0.15) is 0 Å². The van der Waals surface area contributed by atoms with Crippen molar-refractivity contribution in [3.63, 3.8) is 0 Å². The summed E-state index contributed by atoms with van der Waals surface area (Å²) in [6.07, 6.45) is 0. The zero-order chi connectivity index (χ0) is 39.4. The smallest absolute Gasteiger partial charge is 0.0972 e. The van der Waals surface area contributed by atoms with E-state index in [0.717, 1.165) is 66.5 Å². The number of nitrogens with zero attached hydrogens (tertiary/aromatic N) is 3. The Morgan fingerprint density at radius 3 is 1.62 bits per heavy atom. The molecule has 0 fully saturated rings. The molecule has 0 N–H and O–H groups in total. The van der Waals surface area contributed by atoms with Crippen LogP contribution in [0.3, 0.4) is 0 Å². The van der Waals surface area contributed by atoms with Gasteiger partial charge < -0.3 is 0 Å². The predicted octanol–water partition coefficient (Wildman–Crippen LogP) is 14.3. The molecule has 0 atom stereocenters. The number of fused-ring (bicyclic) bond motifs is 16. The van der Waals surface area contributed by atoms with E-state index in [2.05, 4.69) is 194 Å². The quantitative estimate of drug-likeness (QED) is 0.167. The molecular weight excluding hydrogens is 747 g/mol. The number of aromatic nitrogens is 3. The second kappa shape index (κ2) is 12.8. The standard InChI is InChI=1S/C56H33N3S/c1-3-13-34(14-4-1)47-31-26-36-23-24-37-27-32-48(58-54(37)53(36)57-47)38-25-28-41-42-29-30-46-55(51(42)52(59-49(41)33-38)35-15-5-2-6-16-35)60-50-22-12-11-21-45(50)56(46)43-19-9-7-17-39(43)40-18-8-10-20-44(40)56/h1-33H. The van der Waals surface area contributed by atoms with Gasteiger partial charge in [-0.05, 0) is 63.0 Å². The summed E-state index contributed by atoms with van der Waals surface area (Å²) in [5.74, 6) is 0. The minimum absolute atomic E-state index is 0.464. The summed E-state index contributed by atoms with van der Waals surface area (Å²) in [5.41, 5.74) is 16.2. The van der Waals surface area contributed by atoms with Gasteiger partial charge >= 0.3 is 0 Å². The summed E-state index contributed by atoms with van der Waals surface area (Å²) < 4.78 is 0. The molecule has 1 aliphatic heterocycles. The molecule has 278 valence electrons. The molecule has 0 saturated heterocycles. The van der Waals surface area contributed by atoms with Crippen molar-refractivity contribution in [2.45, 2.75) is 15.2 Å². The lowest BCUT2D eigenvalue weighted by molar-refractivity contribution is 0.726. The maximum atomic E-state index is 5.63. The molecule has 11 aromatic rings. The van der Waals surface area contributed by atoms with Crippen LogP contribution in [0.1, 0.15) is 22.3 Å². The number of hydrogen-bond donors (Lipinski definition) is 0. The molecule has 60 heavy (non-hydrogen) atoms. The second-order valence-electron chi connectivity index (χ2n) is 15.8. The van der Waals surface area contributed by atoms with Crippen LogP contribution < -0.4 is 0 Å². The zero-order valence-electron chi connectivity index (χ0n) is 32.3. The van der Waals surface area contributed by atoms with E-state index >= 15 is 0 Å². The van der Waals surface area contributed by atoms with Gasteiger partial charge in [-0.1, -0.05) is 188 Å². The topological polar surface area (TPSA) is 38.7 Å². The van der Waals surface area contributed by atoms with Gasteiger partial charge in [0, 0.05) is 48.0 Å². The lowest BCUT2D eigenvalue weighted by atomic mass is 9.67. The van der Waals surface area contributed by atoms with Gasteiger partial charge in [0.15, 0.2) is 0 Å². The molecule has 0 unspecified atom stereocenters. The fraction of sp³-hybridized carbons (Fsp3) is 0.0179. The van der Waals surface area contributed by atoms with E-state index in [1.807, 2.05) is 17.8 Å². The first-order chi connectivity index (χ1) is 29.7. The van der Waals surface area contributed by atoms with Crippen LogP contribution in [0.15, 0.2) is 210 Å². The molecule has 13 rings (SSSR count). The molecule has 0 saturated carbocycles. The number of rotatable bonds is 3. The molecule has 4 heterocycles. The SMILES string of the molecule is c1ccc(-c2ccc3ccc4ccc(-c5ccc6c(c5)nc(-c5ccccc5)c5c7c(ccc56)C5(c6ccccc6S7)c6ccccc6-c6ccccc65)nc4c3n2)cc1. The third-order valence-electron chi connectivity index (χ3n) is 12.7. The molecule has 8 aromatic carbocycles. The highest BCUT2D eigenvalue weighted by molar-refractivity contribution is 7.99. The molecule has 4 heteroatoms. The van der Waals surface area contributed by atoms with Gasteiger partial charge in [0.05, 0.1) is 39.0 Å². The van der Waals surface area contributed by atoms with Crippen LogP contribution in [0.2, 0.25) is 0 Å². The van der Waals surface area contributed by atoms with Gasteiger partial charge in [-0.25, -0.2) is 15.0 Å². The van der Waals surface area contributed by atoms with Gasteiger partial charge in [0.2, 0.25) is 0 Å². The summed E-state index contributed by atoms with van der Waals surface area (Å²) >= 11 is 1.89. The fourth-order valence-electron chi connectivity index (χ4n) is 10.1. The van der Waals surface area contributed by atoms with E-state index in [9.17, 15) is 0 Å². The number of pyridine rings is 3. The van der Waals surface area contributed by atoms with Crippen molar-refractivity contribution in [1.82, 2.24) is 15.0 Å². The minimum Gasteiger partial charge on any atom is -0.247 e. The van der Waals surface area contributed by atoms with E-state index in [0.29, 0.717) is 0 Å². The van der Waals surface area contributed by atoms with Gasteiger partial charge in [0.25, 0.3) is 0 Å². The first-order valence-electron chi connectivity index (χ1n) is 20.4. The molecule has 0 amide bonds. The van der Waals surface area contributed by atoms with Crippen molar-refractivity contribution in [1.29, 1.82) is 0 Å². The average Bonchev–Trinajstić information content (AvgIpc) is 3.61. The molecule has 3 aromatic heterocycles. The van der Waals surface area contributed by atoms with Crippen molar-refractivity contribution < 1.29 is 0 Å². The summed E-state index contributed by atoms with van der Waals surface area (Å²) in [5, 5.41) is 5.64. The summed E-state index contributed by atoms with van der Waals surface area (Å²) in [6, 6.07) is 72.3. The van der Waals surface area contributed by atoms with E-state index < -0.39 is 5.41 Å². The fourth-order valence-corrected chi connectivity index (χ4v) is 11.4. The van der Waals surface area contributed by atoms with Crippen LogP contribution in [-0.2, 0) is 5.41 Å². The lowest BCUT2D eigenvalue weighted by Gasteiger charge is -2.40.